The standard InChI is InChI=1S/C25H22BrNO/c1-18-6-13-22(14-7-18)27-16-24-23-5-3-2-4-20(23)10-15-25(24)28-17-19-8-11-21(26)12-9-19/h2-15,27H,16-17H2,1H3. The summed E-state index contributed by atoms with van der Waals surface area (Å²) < 4.78 is 7.30. The summed E-state index contributed by atoms with van der Waals surface area (Å²) in [5, 5.41) is 5.98. The first-order valence-corrected chi connectivity index (χ1v) is 10.2. The van der Waals surface area contributed by atoms with E-state index < -0.39 is 0 Å². The van der Waals surface area contributed by atoms with Crippen LogP contribution in [0.4, 0.5) is 5.69 Å². The smallest absolute Gasteiger partial charge is 0.125 e. The summed E-state index contributed by atoms with van der Waals surface area (Å²) in [6.07, 6.45) is 0. The van der Waals surface area contributed by atoms with Crippen LogP contribution >= 0.6 is 15.9 Å². The van der Waals surface area contributed by atoms with Gasteiger partial charge in [0.05, 0.1) is 0 Å². The van der Waals surface area contributed by atoms with E-state index >= 15 is 0 Å². The van der Waals surface area contributed by atoms with Crippen molar-refractivity contribution in [3.63, 3.8) is 0 Å². The quantitative estimate of drug-likeness (QED) is 0.351. The van der Waals surface area contributed by atoms with Gasteiger partial charge in [0.1, 0.15) is 12.4 Å². The summed E-state index contributed by atoms with van der Waals surface area (Å²) >= 11 is 3.48. The Kier molecular flexibility index (Phi) is 5.63. The van der Waals surface area contributed by atoms with Crippen molar-refractivity contribution in [3.8, 4) is 5.75 Å². The van der Waals surface area contributed by atoms with Crippen LogP contribution in [0.1, 0.15) is 16.7 Å². The summed E-state index contributed by atoms with van der Waals surface area (Å²) in [4.78, 5) is 0. The van der Waals surface area contributed by atoms with Crippen molar-refractivity contribution in [2.75, 3.05) is 5.32 Å². The molecule has 0 amide bonds. The average Bonchev–Trinajstić information content (AvgIpc) is 2.73. The fourth-order valence-electron chi connectivity index (χ4n) is 3.24. The minimum Gasteiger partial charge on any atom is -0.489 e. The van der Waals surface area contributed by atoms with Crippen LogP contribution in [0.25, 0.3) is 10.8 Å². The summed E-state index contributed by atoms with van der Waals surface area (Å²) in [5.74, 6) is 0.918. The molecule has 28 heavy (non-hydrogen) atoms. The molecular weight excluding hydrogens is 410 g/mol. The van der Waals surface area contributed by atoms with E-state index in [0.717, 1.165) is 21.5 Å². The van der Waals surface area contributed by atoms with E-state index in [4.69, 9.17) is 4.74 Å². The lowest BCUT2D eigenvalue weighted by Gasteiger charge is -2.16. The fourth-order valence-corrected chi connectivity index (χ4v) is 3.50. The van der Waals surface area contributed by atoms with Crippen molar-refractivity contribution in [1.29, 1.82) is 0 Å². The van der Waals surface area contributed by atoms with Gasteiger partial charge in [0.15, 0.2) is 0 Å². The zero-order chi connectivity index (χ0) is 19.3. The zero-order valence-corrected chi connectivity index (χ0v) is 17.4. The van der Waals surface area contributed by atoms with Crippen molar-refractivity contribution in [2.45, 2.75) is 20.1 Å². The first-order chi connectivity index (χ1) is 13.7. The van der Waals surface area contributed by atoms with Crippen molar-refractivity contribution in [3.05, 3.63) is 106 Å². The third-order valence-electron chi connectivity index (χ3n) is 4.83. The predicted octanol–water partition coefficient (Wildman–Crippen LogP) is 7.10. The van der Waals surface area contributed by atoms with Crippen molar-refractivity contribution in [2.24, 2.45) is 0 Å². The van der Waals surface area contributed by atoms with Gasteiger partial charge >= 0.3 is 0 Å². The van der Waals surface area contributed by atoms with Gasteiger partial charge in [-0.3, -0.25) is 0 Å². The molecular formula is C25H22BrNO. The molecule has 0 saturated heterocycles. The van der Waals surface area contributed by atoms with E-state index in [2.05, 4.69) is 101 Å². The molecule has 0 aromatic heterocycles. The summed E-state index contributed by atoms with van der Waals surface area (Å²) in [6, 6.07) is 29.4. The molecule has 0 saturated carbocycles. The molecule has 4 aromatic rings. The van der Waals surface area contributed by atoms with E-state index in [0.29, 0.717) is 13.2 Å². The summed E-state index contributed by atoms with van der Waals surface area (Å²) in [6.45, 7) is 3.35. The monoisotopic (exact) mass is 431 g/mol. The highest BCUT2D eigenvalue weighted by molar-refractivity contribution is 9.10. The van der Waals surface area contributed by atoms with E-state index in [1.54, 1.807) is 0 Å². The minimum atomic E-state index is 0.545. The Morgan fingerprint density at radius 3 is 2.36 bits per heavy atom. The van der Waals surface area contributed by atoms with Crippen LogP contribution in [0, 0.1) is 6.92 Å². The van der Waals surface area contributed by atoms with E-state index in [1.807, 2.05) is 12.1 Å². The lowest BCUT2D eigenvalue weighted by Crippen LogP contribution is -2.04. The van der Waals surface area contributed by atoms with Gasteiger partial charge < -0.3 is 10.1 Å². The van der Waals surface area contributed by atoms with Crippen LogP contribution in [0.2, 0.25) is 0 Å². The van der Waals surface area contributed by atoms with Crippen LogP contribution in [0.3, 0.4) is 0 Å². The molecule has 0 atom stereocenters. The maximum Gasteiger partial charge on any atom is 0.125 e. The Morgan fingerprint density at radius 2 is 1.57 bits per heavy atom. The number of benzene rings is 4. The number of ether oxygens (including phenoxy) is 1. The molecule has 0 bridgehead atoms. The van der Waals surface area contributed by atoms with Crippen molar-refractivity contribution >= 4 is 32.4 Å². The lowest BCUT2D eigenvalue weighted by atomic mass is 10.0. The summed E-state index contributed by atoms with van der Waals surface area (Å²) in [7, 11) is 0. The largest absolute Gasteiger partial charge is 0.489 e. The van der Waals surface area contributed by atoms with Crippen LogP contribution in [-0.2, 0) is 13.2 Å². The molecule has 0 fully saturated rings. The number of hydrogen-bond donors (Lipinski definition) is 1. The third-order valence-corrected chi connectivity index (χ3v) is 5.35. The van der Waals surface area contributed by atoms with Crippen LogP contribution in [0.15, 0.2) is 89.4 Å². The first-order valence-electron chi connectivity index (χ1n) is 9.37. The number of aryl methyl sites for hydroxylation is 1. The fraction of sp³-hybridized carbons (Fsp3) is 0.120. The average molecular weight is 432 g/mol. The molecule has 4 rings (SSSR count). The Hall–Kier alpha value is -2.78. The van der Waals surface area contributed by atoms with Gasteiger partial charge in [-0.25, -0.2) is 0 Å². The third kappa shape index (κ3) is 4.37. The van der Waals surface area contributed by atoms with E-state index in [9.17, 15) is 0 Å². The van der Waals surface area contributed by atoms with Gasteiger partial charge in [-0.05, 0) is 53.6 Å². The highest BCUT2D eigenvalue weighted by Gasteiger charge is 2.09. The molecule has 0 heterocycles. The number of anilines is 1. The second kappa shape index (κ2) is 8.49. The maximum atomic E-state index is 6.22. The Bertz CT molecular complexity index is 1070. The lowest BCUT2D eigenvalue weighted by molar-refractivity contribution is 0.304. The van der Waals surface area contributed by atoms with Gasteiger partial charge in [-0.2, -0.15) is 0 Å². The second-order valence-electron chi connectivity index (χ2n) is 6.90. The van der Waals surface area contributed by atoms with E-state index in [-0.39, 0.29) is 0 Å². The van der Waals surface area contributed by atoms with Crippen LogP contribution in [-0.4, -0.2) is 0 Å². The topological polar surface area (TPSA) is 21.3 Å². The zero-order valence-electron chi connectivity index (χ0n) is 15.8. The molecule has 0 unspecified atom stereocenters. The Morgan fingerprint density at radius 1 is 0.821 bits per heavy atom. The van der Waals surface area contributed by atoms with Gasteiger partial charge in [-0.1, -0.05) is 76.1 Å². The van der Waals surface area contributed by atoms with Crippen LogP contribution < -0.4 is 10.1 Å². The Labute approximate surface area is 174 Å². The number of rotatable bonds is 6. The summed E-state index contributed by atoms with van der Waals surface area (Å²) in [5.41, 5.74) is 4.69. The molecule has 140 valence electrons. The van der Waals surface area contributed by atoms with Gasteiger partial charge in [-0.15, -0.1) is 0 Å². The van der Waals surface area contributed by atoms with Crippen molar-refractivity contribution in [1.82, 2.24) is 0 Å². The number of fused-ring (bicyclic) bond motifs is 1. The molecule has 3 heteroatoms. The van der Waals surface area contributed by atoms with Gasteiger partial charge in [0.25, 0.3) is 0 Å². The predicted molar refractivity (Wildman–Crippen MR) is 121 cm³/mol. The highest BCUT2D eigenvalue weighted by Crippen LogP contribution is 2.30. The second-order valence-corrected chi connectivity index (χ2v) is 7.81. The van der Waals surface area contributed by atoms with Crippen LogP contribution in [0.5, 0.6) is 5.75 Å². The molecule has 1 N–H and O–H groups in total. The molecule has 0 radical (unpaired) electrons. The van der Waals surface area contributed by atoms with Gasteiger partial charge in [0.2, 0.25) is 0 Å². The highest BCUT2D eigenvalue weighted by atomic mass is 79.9. The molecule has 4 aromatic carbocycles. The molecule has 0 aliphatic heterocycles. The first kappa shape index (κ1) is 18.6. The SMILES string of the molecule is Cc1ccc(NCc2c(OCc3ccc(Br)cc3)ccc3ccccc23)cc1. The Balaban J connectivity index is 1.60. The molecule has 0 aliphatic carbocycles. The molecule has 0 aliphatic rings. The number of hydrogen-bond acceptors (Lipinski definition) is 2. The molecule has 2 nitrogen and oxygen atoms in total. The van der Waals surface area contributed by atoms with E-state index in [1.165, 1.54) is 21.9 Å². The molecule has 0 spiro atoms. The normalized spacial score (nSPS) is 10.8. The van der Waals surface area contributed by atoms with Crippen molar-refractivity contribution < 1.29 is 4.74 Å². The number of halogens is 1. The minimum absolute atomic E-state index is 0.545. The van der Waals surface area contributed by atoms with Gasteiger partial charge in [0, 0.05) is 22.3 Å². The maximum absolute atomic E-state index is 6.22. The number of nitrogens with one attached hydrogen (secondary N) is 1.